The summed E-state index contributed by atoms with van der Waals surface area (Å²) in [6.07, 6.45) is -2.47. The fourth-order valence-electron chi connectivity index (χ4n) is 2.04. The van der Waals surface area contributed by atoms with Crippen molar-refractivity contribution in [3.8, 4) is 0 Å². The van der Waals surface area contributed by atoms with E-state index >= 15 is 0 Å². The lowest BCUT2D eigenvalue weighted by Gasteiger charge is -2.06. The van der Waals surface area contributed by atoms with Crippen LogP contribution in [0.3, 0.4) is 0 Å². The van der Waals surface area contributed by atoms with Crippen molar-refractivity contribution in [1.29, 1.82) is 0 Å². The Kier molecular flexibility index (Phi) is 2.26. The summed E-state index contributed by atoms with van der Waals surface area (Å²) in [5.41, 5.74) is 0.399. The van der Waals surface area contributed by atoms with Crippen LogP contribution in [-0.2, 0) is 12.6 Å². The summed E-state index contributed by atoms with van der Waals surface area (Å²) in [7, 11) is 0. The Bertz CT molecular complexity index is 594. The minimum Gasteiger partial charge on any atom is -0.452 e. The molecule has 0 bridgehead atoms. The van der Waals surface area contributed by atoms with Crippen molar-refractivity contribution in [2.75, 3.05) is 0 Å². The van der Waals surface area contributed by atoms with Crippen molar-refractivity contribution in [3.05, 3.63) is 35.6 Å². The Morgan fingerprint density at radius 3 is 2.56 bits per heavy atom. The zero-order valence-corrected chi connectivity index (χ0v) is 9.42. The molecule has 0 unspecified atom stereocenters. The largest absolute Gasteiger partial charge is 0.452 e. The van der Waals surface area contributed by atoms with Gasteiger partial charge >= 0.3 is 6.18 Å². The number of hydrogen-bond donors (Lipinski definition) is 1. The first-order chi connectivity index (χ1) is 8.36. The van der Waals surface area contributed by atoms with Gasteiger partial charge in [-0.2, -0.15) is 13.2 Å². The summed E-state index contributed by atoms with van der Waals surface area (Å²) in [4.78, 5) is 0. The molecule has 1 saturated carbocycles. The summed E-state index contributed by atoms with van der Waals surface area (Å²) in [6, 6.07) is 5.86. The van der Waals surface area contributed by atoms with Gasteiger partial charge in [-0.05, 0) is 36.6 Å². The molecule has 1 aliphatic carbocycles. The van der Waals surface area contributed by atoms with Crippen molar-refractivity contribution in [3.63, 3.8) is 0 Å². The second-order valence-corrected chi connectivity index (χ2v) is 4.88. The summed E-state index contributed by atoms with van der Waals surface area (Å²) in [5, 5.41) is 10.2. The average molecular weight is 256 g/mol. The molecular weight excluding hydrogens is 245 g/mol. The summed E-state index contributed by atoms with van der Waals surface area (Å²) in [6.45, 7) is 0. The van der Waals surface area contributed by atoms with E-state index in [1.165, 1.54) is 6.07 Å². The molecule has 5 heteroatoms. The molecule has 3 rings (SSSR count). The Morgan fingerprint density at radius 2 is 1.94 bits per heavy atom. The smallest absolute Gasteiger partial charge is 0.449 e. The predicted octanol–water partition coefficient (Wildman–Crippen LogP) is 3.52. The van der Waals surface area contributed by atoms with Crippen LogP contribution in [0.15, 0.2) is 28.7 Å². The lowest BCUT2D eigenvalue weighted by Crippen LogP contribution is -2.10. The molecule has 1 aromatic heterocycles. The third-order valence-electron chi connectivity index (χ3n) is 3.22. The van der Waals surface area contributed by atoms with E-state index in [1.807, 2.05) is 0 Å². The van der Waals surface area contributed by atoms with Gasteiger partial charge in [0.05, 0.1) is 5.60 Å². The van der Waals surface area contributed by atoms with Crippen LogP contribution in [0.1, 0.15) is 24.2 Å². The van der Waals surface area contributed by atoms with Crippen LogP contribution in [0.5, 0.6) is 0 Å². The highest BCUT2D eigenvalue weighted by Crippen LogP contribution is 2.39. The van der Waals surface area contributed by atoms with Crippen molar-refractivity contribution in [1.82, 2.24) is 0 Å². The Balaban J connectivity index is 1.96. The van der Waals surface area contributed by atoms with Gasteiger partial charge in [0.25, 0.3) is 0 Å². The number of furan rings is 1. The lowest BCUT2D eigenvalue weighted by atomic mass is 10.1. The van der Waals surface area contributed by atoms with Crippen molar-refractivity contribution in [2.45, 2.75) is 31.0 Å². The monoisotopic (exact) mass is 256 g/mol. The van der Waals surface area contributed by atoms with E-state index < -0.39 is 17.5 Å². The molecule has 0 amide bonds. The molecule has 1 fully saturated rings. The number of hydrogen-bond acceptors (Lipinski definition) is 2. The molecule has 0 radical (unpaired) electrons. The summed E-state index contributed by atoms with van der Waals surface area (Å²) < 4.78 is 42.2. The molecule has 2 aromatic rings. The number of benzene rings is 1. The van der Waals surface area contributed by atoms with Crippen LogP contribution in [0.25, 0.3) is 11.0 Å². The lowest BCUT2D eigenvalue weighted by molar-refractivity contribution is -0.152. The standard InChI is InChI=1S/C13H11F3O2/c14-13(15,16)11-6-9-5-8(1-2-10(9)18-11)7-12(17)3-4-12/h1-2,5-6,17H,3-4,7H2. The molecule has 0 atom stereocenters. The molecule has 1 N–H and O–H groups in total. The van der Waals surface area contributed by atoms with Gasteiger partial charge in [-0.1, -0.05) is 6.07 Å². The van der Waals surface area contributed by atoms with Crippen LogP contribution in [0, 0.1) is 0 Å². The molecule has 1 aromatic carbocycles. The second-order valence-electron chi connectivity index (χ2n) is 4.88. The van der Waals surface area contributed by atoms with E-state index in [0.717, 1.165) is 24.5 Å². The average Bonchev–Trinajstić information content (AvgIpc) is 2.83. The molecule has 18 heavy (non-hydrogen) atoms. The zero-order chi connectivity index (χ0) is 13.0. The van der Waals surface area contributed by atoms with Crippen LogP contribution >= 0.6 is 0 Å². The van der Waals surface area contributed by atoms with E-state index in [2.05, 4.69) is 0 Å². The normalized spacial score (nSPS) is 18.2. The van der Waals surface area contributed by atoms with Crippen LogP contribution in [-0.4, -0.2) is 10.7 Å². The van der Waals surface area contributed by atoms with E-state index in [0.29, 0.717) is 11.8 Å². The highest BCUT2D eigenvalue weighted by atomic mass is 19.4. The van der Waals surface area contributed by atoms with Gasteiger partial charge in [-0.15, -0.1) is 0 Å². The second kappa shape index (κ2) is 3.51. The third kappa shape index (κ3) is 2.10. The van der Waals surface area contributed by atoms with Gasteiger partial charge in [0.2, 0.25) is 5.76 Å². The molecule has 1 heterocycles. The van der Waals surface area contributed by atoms with Crippen LogP contribution in [0.4, 0.5) is 13.2 Å². The first-order valence-electron chi connectivity index (χ1n) is 5.68. The maximum Gasteiger partial charge on any atom is 0.449 e. The van der Waals surface area contributed by atoms with Gasteiger partial charge in [0.1, 0.15) is 5.58 Å². The Morgan fingerprint density at radius 1 is 1.22 bits per heavy atom. The fourth-order valence-corrected chi connectivity index (χ4v) is 2.04. The van der Waals surface area contributed by atoms with Crippen LogP contribution < -0.4 is 0 Å². The third-order valence-corrected chi connectivity index (χ3v) is 3.22. The van der Waals surface area contributed by atoms with Gasteiger partial charge in [-0.25, -0.2) is 0 Å². The topological polar surface area (TPSA) is 33.4 Å². The van der Waals surface area contributed by atoms with Gasteiger partial charge in [0, 0.05) is 11.8 Å². The maximum absolute atomic E-state index is 12.5. The Labute approximate surface area is 101 Å². The van der Waals surface area contributed by atoms with Gasteiger partial charge < -0.3 is 9.52 Å². The first-order valence-corrected chi connectivity index (χ1v) is 5.68. The molecule has 96 valence electrons. The minimum atomic E-state index is -4.46. The molecular formula is C13H11F3O2. The van der Waals surface area contributed by atoms with E-state index in [9.17, 15) is 18.3 Å². The van der Waals surface area contributed by atoms with Crippen molar-refractivity contribution >= 4 is 11.0 Å². The molecule has 0 aliphatic heterocycles. The van der Waals surface area contributed by atoms with E-state index in [4.69, 9.17) is 4.42 Å². The first kappa shape index (κ1) is 11.6. The number of aliphatic hydroxyl groups is 1. The summed E-state index contributed by atoms with van der Waals surface area (Å²) >= 11 is 0. The van der Waals surface area contributed by atoms with E-state index in [1.54, 1.807) is 12.1 Å². The number of alkyl halides is 3. The fraction of sp³-hybridized carbons (Fsp3) is 0.385. The number of halogens is 3. The Hall–Kier alpha value is -1.49. The van der Waals surface area contributed by atoms with Gasteiger partial charge in [0.15, 0.2) is 0 Å². The van der Waals surface area contributed by atoms with E-state index in [-0.39, 0.29) is 5.58 Å². The highest BCUT2D eigenvalue weighted by molar-refractivity contribution is 5.78. The highest BCUT2D eigenvalue weighted by Gasteiger charge is 2.40. The zero-order valence-electron chi connectivity index (χ0n) is 9.42. The number of fused-ring (bicyclic) bond motifs is 1. The number of rotatable bonds is 2. The molecule has 0 saturated heterocycles. The predicted molar refractivity (Wildman–Crippen MR) is 59.1 cm³/mol. The van der Waals surface area contributed by atoms with Crippen molar-refractivity contribution in [2.24, 2.45) is 0 Å². The molecule has 2 nitrogen and oxygen atoms in total. The van der Waals surface area contributed by atoms with Gasteiger partial charge in [-0.3, -0.25) is 0 Å². The summed E-state index contributed by atoms with van der Waals surface area (Å²) in [5.74, 6) is -0.986. The maximum atomic E-state index is 12.5. The quantitative estimate of drug-likeness (QED) is 0.891. The van der Waals surface area contributed by atoms with Crippen LogP contribution in [0.2, 0.25) is 0 Å². The SMILES string of the molecule is OC1(Cc2ccc3oc(C(F)(F)F)cc3c2)CC1. The minimum absolute atomic E-state index is 0.217. The molecule has 1 aliphatic rings. The molecule has 0 spiro atoms. The van der Waals surface area contributed by atoms with Crippen molar-refractivity contribution < 1.29 is 22.7 Å².